The molecule has 0 bridgehead atoms. The molecule has 0 spiro atoms. The number of nitrogens with two attached hydrogens (primary N) is 1. The number of rotatable bonds is 3. The molecule has 0 saturated carbocycles. The first-order valence-corrected chi connectivity index (χ1v) is 7.29. The summed E-state index contributed by atoms with van der Waals surface area (Å²) in [7, 11) is 0. The maximum Gasteiger partial charge on any atom is 0.0772 e. The Morgan fingerprint density at radius 1 is 1.20 bits per heavy atom. The molecule has 0 aliphatic rings. The molecule has 3 aromatic heterocycles. The van der Waals surface area contributed by atoms with Crippen LogP contribution < -0.4 is 5.73 Å². The fourth-order valence-corrected chi connectivity index (χ4v) is 2.91. The van der Waals surface area contributed by atoms with E-state index in [0.29, 0.717) is 0 Å². The molecule has 0 amide bonds. The van der Waals surface area contributed by atoms with Crippen LogP contribution in [0.4, 0.5) is 0 Å². The molecular weight excluding hydrogens is 318 g/mol. The van der Waals surface area contributed by atoms with Gasteiger partial charge in [-0.3, -0.25) is 4.68 Å². The Kier molecular flexibility index (Phi) is 3.35. The summed E-state index contributed by atoms with van der Waals surface area (Å²) in [6.07, 6.45) is 5.53. The molecule has 1 atom stereocenters. The van der Waals surface area contributed by atoms with Crippen molar-refractivity contribution in [3.63, 3.8) is 0 Å². The van der Waals surface area contributed by atoms with Crippen LogP contribution in [0, 0.1) is 0 Å². The monoisotopic (exact) mass is 333 g/mol. The summed E-state index contributed by atoms with van der Waals surface area (Å²) in [5, 5.41) is 8.73. The predicted octanol–water partition coefficient (Wildman–Crippen LogP) is 2.92. The Bertz CT molecular complexity index is 743. The lowest BCUT2D eigenvalue weighted by molar-refractivity contribution is 0.499. The maximum atomic E-state index is 6.47. The van der Waals surface area contributed by atoms with Gasteiger partial charge in [-0.15, -0.1) is 0 Å². The van der Waals surface area contributed by atoms with Crippen molar-refractivity contribution in [3.8, 4) is 0 Å². The molecule has 5 nitrogen and oxygen atoms in total. The van der Waals surface area contributed by atoms with E-state index in [9.17, 15) is 0 Å². The van der Waals surface area contributed by atoms with Crippen molar-refractivity contribution in [2.24, 2.45) is 5.73 Å². The smallest absolute Gasteiger partial charge is 0.0772 e. The first-order chi connectivity index (χ1) is 9.59. The molecule has 0 aliphatic carbocycles. The van der Waals surface area contributed by atoms with Gasteiger partial charge in [0.2, 0.25) is 0 Å². The van der Waals surface area contributed by atoms with E-state index in [1.165, 1.54) is 0 Å². The SMILES string of the molecule is CC(C)n1ncc(Br)c1C(N)c1cnn2ccccc12. The minimum absolute atomic E-state index is 0.254. The molecule has 3 aromatic rings. The van der Waals surface area contributed by atoms with Gasteiger partial charge in [-0.2, -0.15) is 10.2 Å². The van der Waals surface area contributed by atoms with E-state index in [0.717, 1.165) is 21.2 Å². The summed E-state index contributed by atoms with van der Waals surface area (Å²) in [6.45, 7) is 4.18. The molecule has 0 radical (unpaired) electrons. The van der Waals surface area contributed by atoms with E-state index in [1.54, 1.807) is 6.20 Å². The van der Waals surface area contributed by atoms with Gasteiger partial charge in [0.05, 0.1) is 34.1 Å². The van der Waals surface area contributed by atoms with Gasteiger partial charge in [-0.05, 0) is 41.9 Å². The molecular formula is C14H16BrN5. The van der Waals surface area contributed by atoms with Crippen molar-refractivity contribution in [1.29, 1.82) is 0 Å². The first-order valence-electron chi connectivity index (χ1n) is 6.50. The summed E-state index contributed by atoms with van der Waals surface area (Å²) in [6, 6.07) is 5.94. The highest BCUT2D eigenvalue weighted by molar-refractivity contribution is 9.10. The van der Waals surface area contributed by atoms with Crippen molar-refractivity contribution < 1.29 is 0 Å². The topological polar surface area (TPSA) is 61.1 Å². The van der Waals surface area contributed by atoms with Gasteiger partial charge < -0.3 is 5.73 Å². The lowest BCUT2D eigenvalue weighted by Gasteiger charge is -2.17. The number of halogens is 1. The van der Waals surface area contributed by atoms with Gasteiger partial charge in [0.1, 0.15) is 0 Å². The minimum Gasteiger partial charge on any atom is -0.319 e. The number of aromatic nitrogens is 4. The zero-order valence-electron chi connectivity index (χ0n) is 11.4. The summed E-state index contributed by atoms with van der Waals surface area (Å²) in [5.74, 6) is 0. The summed E-state index contributed by atoms with van der Waals surface area (Å²) >= 11 is 3.55. The van der Waals surface area contributed by atoms with Crippen molar-refractivity contribution in [2.75, 3.05) is 0 Å². The largest absolute Gasteiger partial charge is 0.319 e. The van der Waals surface area contributed by atoms with Crippen LogP contribution in [-0.2, 0) is 0 Å². The molecule has 3 heterocycles. The number of nitrogens with zero attached hydrogens (tertiary/aromatic N) is 4. The number of hydrogen-bond donors (Lipinski definition) is 1. The van der Waals surface area contributed by atoms with Gasteiger partial charge in [-0.1, -0.05) is 6.07 Å². The van der Waals surface area contributed by atoms with Crippen molar-refractivity contribution in [3.05, 3.63) is 52.5 Å². The summed E-state index contributed by atoms with van der Waals surface area (Å²) in [5.41, 5.74) is 9.45. The minimum atomic E-state index is -0.269. The predicted molar refractivity (Wildman–Crippen MR) is 81.5 cm³/mol. The van der Waals surface area contributed by atoms with E-state index in [4.69, 9.17) is 5.73 Å². The zero-order chi connectivity index (χ0) is 14.3. The molecule has 2 N–H and O–H groups in total. The van der Waals surface area contributed by atoms with Crippen LogP contribution in [-0.4, -0.2) is 19.4 Å². The third-order valence-corrected chi connectivity index (χ3v) is 3.97. The fourth-order valence-electron chi connectivity index (χ4n) is 2.39. The third-order valence-electron chi connectivity index (χ3n) is 3.36. The highest BCUT2D eigenvalue weighted by Gasteiger charge is 2.22. The van der Waals surface area contributed by atoms with Gasteiger partial charge >= 0.3 is 0 Å². The standard InChI is InChI=1S/C14H16BrN5/c1-9(2)20-14(11(15)8-18-20)13(16)10-7-17-19-6-4-3-5-12(10)19/h3-9,13H,16H2,1-2H3. The second-order valence-corrected chi connectivity index (χ2v) is 5.88. The van der Waals surface area contributed by atoms with Crippen LogP contribution >= 0.6 is 15.9 Å². The second kappa shape index (κ2) is 5.03. The van der Waals surface area contributed by atoms with Crippen molar-refractivity contribution in [1.82, 2.24) is 19.4 Å². The average molecular weight is 334 g/mol. The summed E-state index contributed by atoms with van der Waals surface area (Å²) < 4.78 is 4.70. The van der Waals surface area contributed by atoms with E-state index < -0.39 is 0 Å². The first kappa shape index (κ1) is 13.3. The Balaban J connectivity index is 2.13. The molecule has 0 aromatic carbocycles. The van der Waals surface area contributed by atoms with Gasteiger partial charge in [0.15, 0.2) is 0 Å². The second-order valence-electron chi connectivity index (χ2n) is 5.02. The Morgan fingerprint density at radius 3 is 2.75 bits per heavy atom. The van der Waals surface area contributed by atoms with Crippen molar-refractivity contribution in [2.45, 2.75) is 25.9 Å². The number of pyridine rings is 1. The Labute approximate surface area is 125 Å². The van der Waals surface area contributed by atoms with Gasteiger partial charge in [0.25, 0.3) is 0 Å². The van der Waals surface area contributed by atoms with E-state index >= 15 is 0 Å². The van der Waals surface area contributed by atoms with Crippen LogP contribution in [0.25, 0.3) is 5.52 Å². The maximum absolute atomic E-state index is 6.47. The molecule has 0 aliphatic heterocycles. The van der Waals surface area contributed by atoms with Crippen LogP contribution in [0.5, 0.6) is 0 Å². The van der Waals surface area contributed by atoms with Crippen LogP contribution in [0.15, 0.2) is 41.3 Å². The average Bonchev–Trinajstić information content (AvgIpc) is 3.01. The Hall–Kier alpha value is -1.66. The van der Waals surface area contributed by atoms with E-state index in [1.807, 2.05) is 39.8 Å². The number of hydrogen-bond acceptors (Lipinski definition) is 3. The lowest BCUT2D eigenvalue weighted by atomic mass is 10.1. The molecule has 0 saturated heterocycles. The third kappa shape index (κ3) is 2.05. The van der Waals surface area contributed by atoms with Crippen LogP contribution in [0.2, 0.25) is 0 Å². The molecule has 6 heteroatoms. The van der Waals surface area contributed by atoms with Crippen LogP contribution in [0.3, 0.4) is 0 Å². The molecule has 104 valence electrons. The quantitative estimate of drug-likeness (QED) is 0.801. The fraction of sp³-hybridized carbons (Fsp3) is 0.286. The normalized spacial score (nSPS) is 13.2. The van der Waals surface area contributed by atoms with Gasteiger partial charge in [-0.25, -0.2) is 4.52 Å². The molecule has 1 unspecified atom stereocenters. The molecule has 20 heavy (non-hydrogen) atoms. The van der Waals surface area contributed by atoms with Gasteiger partial charge in [0, 0.05) is 17.8 Å². The highest BCUT2D eigenvalue weighted by Crippen LogP contribution is 2.30. The van der Waals surface area contributed by atoms with Crippen LogP contribution in [0.1, 0.15) is 37.2 Å². The number of fused-ring (bicyclic) bond motifs is 1. The summed E-state index contributed by atoms with van der Waals surface area (Å²) in [4.78, 5) is 0. The van der Waals surface area contributed by atoms with Crippen molar-refractivity contribution >= 4 is 21.4 Å². The molecule has 3 rings (SSSR count). The van der Waals surface area contributed by atoms with E-state index in [2.05, 4.69) is 40.0 Å². The highest BCUT2D eigenvalue weighted by atomic mass is 79.9. The lowest BCUT2D eigenvalue weighted by Crippen LogP contribution is -2.19. The Morgan fingerprint density at radius 2 is 2.00 bits per heavy atom. The van der Waals surface area contributed by atoms with E-state index in [-0.39, 0.29) is 12.1 Å². The molecule has 0 fully saturated rings. The zero-order valence-corrected chi connectivity index (χ0v) is 12.9.